The number of carbonyl (C=O) groups excluding carboxylic acids is 1. The zero-order valence-corrected chi connectivity index (χ0v) is 21.1. The Morgan fingerprint density at radius 1 is 1.06 bits per heavy atom. The number of benzene rings is 2. The van der Waals surface area contributed by atoms with Crippen LogP contribution in [0, 0.1) is 12.8 Å². The number of hydrogen-bond donors (Lipinski definition) is 1. The summed E-state index contributed by atoms with van der Waals surface area (Å²) in [5, 5.41) is 3.70. The number of piperidine rings is 1. The maximum atomic E-state index is 12.8. The van der Waals surface area contributed by atoms with Crippen molar-refractivity contribution in [2.75, 3.05) is 13.1 Å². The molecule has 1 aromatic heterocycles. The standard InChI is InChI=1S/C24H26Cl2N4O3S/c1-17-27-10-13-30(17)21-5-2-18(3-6-21)15-28-24(31)20-8-11-29(12-9-20)34(32,33)16-19-4-7-22(25)23(26)14-19/h2-7,10,13-14,20H,8-9,11-12,15-16H2,1H3,(H,28,31). The van der Waals surface area contributed by atoms with Crippen molar-refractivity contribution in [3.63, 3.8) is 0 Å². The fraction of sp³-hybridized carbons (Fsp3) is 0.333. The van der Waals surface area contributed by atoms with Crippen molar-refractivity contribution >= 4 is 39.1 Å². The fourth-order valence-electron chi connectivity index (χ4n) is 4.09. The van der Waals surface area contributed by atoms with Gasteiger partial charge in [0.1, 0.15) is 5.82 Å². The van der Waals surface area contributed by atoms with Gasteiger partial charge in [-0.3, -0.25) is 4.79 Å². The van der Waals surface area contributed by atoms with E-state index in [1.54, 1.807) is 24.4 Å². The highest BCUT2D eigenvalue weighted by atomic mass is 35.5. The Balaban J connectivity index is 1.27. The van der Waals surface area contributed by atoms with Gasteiger partial charge >= 0.3 is 0 Å². The summed E-state index contributed by atoms with van der Waals surface area (Å²) in [7, 11) is -3.50. The van der Waals surface area contributed by atoms with Crippen molar-refractivity contribution in [3.8, 4) is 5.69 Å². The first-order chi connectivity index (χ1) is 16.2. The first-order valence-electron chi connectivity index (χ1n) is 11.0. The Labute approximate surface area is 209 Å². The van der Waals surface area contributed by atoms with E-state index in [2.05, 4.69) is 10.3 Å². The second kappa shape index (κ2) is 10.5. The lowest BCUT2D eigenvalue weighted by atomic mass is 9.97. The number of rotatable bonds is 7. The molecule has 2 heterocycles. The number of halogens is 2. The molecular weight excluding hydrogens is 495 g/mol. The van der Waals surface area contributed by atoms with Crippen LogP contribution in [-0.4, -0.2) is 41.3 Å². The Hall–Kier alpha value is -2.39. The highest BCUT2D eigenvalue weighted by Gasteiger charge is 2.31. The van der Waals surface area contributed by atoms with Crippen LogP contribution in [0.15, 0.2) is 54.9 Å². The molecule has 2 aromatic carbocycles. The predicted octanol–water partition coefficient (Wildman–Crippen LogP) is 4.35. The molecule has 1 amide bonds. The fourth-order valence-corrected chi connectivity index (χ4v) is 5.96. The lowest BCUT2D eigenvalue weighted by molar-refractivity contribution is -0.126. The molecule has 4 rings (SSSR count). The number of nitrogens with one attached hydrogen (secondary N) is 1. The second-order valence-corrected chi connectivity index (χ2v) is 11.2. The van der Waals surface area contributed by atoms with Gasteiger partial charge in [0.25, 0.3) is 0 Å². The molecule has 34 heavy (non-hydrogen) atoms. The van der Waals surface area contributed by atoms with Crippen LogP contribution in [-0.2, 0) is 27.1 Å². The van der Waals surface area contributed by atoms with E-state index >= 15 is 0 Å². The Morgan fingerprint density at radius 2 is 1.74 bits per heavy atom. The van der Waals surface area contributed by atoms with Gasteiger partial charge in [-0.25, -0.2) is 17.7 Å². The number of amides is 1. The minimum absolute atomic E-state index is 0.0453. The monoisotopic (exact) mass is 520 g/mol. The first-order valence-corrected chi connectivity index (χ1v) is 13.4. The third kappa shape index (κ3) is 5.81. The minimum atomic E-state index is -3.50. The number of sulfonamides is 1. The lowest BCUT2D eigenvalue weighted by Gasteiger charge is -2.30. The second-order valence-electron chi connectivity index (χ2n) is 8.41. The van der Waals surface area contributed by atoms with Gasteiger partial charge in [-0.15, -0.1) is 0 Å². The lowest BCUT2D eigenvalue weighted by Crippen LogP contribution is -2.43. The summed E-state index contributed by atoms with van der Waals surface area (Å²) in [5.41, 5.74) is 2.60. The summed E-state index contributed by atoms with van der Waals surface area (Å²) in [6.45, 7) is 3.01. The van der Waals surface area contributed by atoms with Gasteiger partial charge in [0.2, 0.25) is 15.9 Å². The first kappa shape index (κ1) is 24.7. The Bertz CT molecular complexity index is 1270. The van der Waals surface area contributed by atoms with Crippen LogP contribution >= 0.6 is 23.2 Å². The summed E-state index contributed by atoms with van der Waals surface area (Å²) < 4.78 is 29.1. The number of carbonyl (C=O) groups is 1. The highest BCUT2D eigenvalue weighted by Crippen LogP contribution is 2.26. The molecule has 1 aliphatic heterocycles. The summed E-state index contributed by atoms with van der Waals surface area (Å²) in [6.07, 6.45) is 4.65. The molecule has 180 valence electrons. The Kier molecular flexibility index (Phi) is 7.62. The molecule has 1 fully saturated rings. The van der Waals surface area contributed by atoms with E-state index in [-0.39, 0.29) is 17.6 Å². The molecule has 3 aromatic rings. The zero-order chi connectivity index (χ0) is 24.3. The van der Waals surface area contributed by atoms with Crippen molar-refractivity contribution in [1.82, 2.24) is 19.2 Å². The average Bonchev–Trinajstić information content (AvgIpc) is 3.26. The van der Waals surface area contributed by atoms with Crippen LogP contribution in [0.25, 0.3) is 5.69 Å². The molecular formula is C24H26Cl2N4O3S. The van der Waals surface area contributed by atoms with E-state index in [1.807, 2.05) is 42.0 Å². The molecule has 1 aliphatic rings. The molecule has 10 heteroatoms. The summed E-state index contributed by atoms with van der Waals surface area (Å²) in [6, 6.07) is 12.8. The normalized spacial score (nSPS) is 15.4. The summed E-state index contributed by atoms with van der Waals surface area (Å²) in [4.78, 5) is 16.9. The maximum absolute atomic E-state index is 12.8. The SMILES string of the molecule is Cc1nccn1-c1ccc(CNC(=O)C2CCN(S(=O)(=O)Cc3ccc(Cl)c(Cl)c3)CC2)cc1. The van der Waals surface area contributed by atoms with E-state index in [4.69, 9.17) is 23.2 Å². The molecule has 0 spiro atoms. The molecule has 0 aliphatic carbocycles. The van der Waals surface area contributed by atoms with Crippen molar-refractivity contribution in [2.45, 2.75) is 32.1 Å². The number of nitrogens with zero attached hydrogens (tertiary/aromatic N) is 3. The van der Waals surface area contributed by atoms with Gasteiger partial charge in [-0.05, 0) is 55.2 Å². The number of aryl methyl sites for hydroxylation is 1. The van der Waals surface area contributed by atoms with Crippen molar-refractivity contribution in [2.24, 2.45) is 5.92 Å². The molecule has 0 saturated carbocycles. The van der Waals surface area contributed by atoms with Crippen molar-refractivity contribution in [3.05, 3.63) is 81.9 Å². The van der Waals surface area contributed by atoms with Crippen LogP contribution in [0.2, 0.25) is 10.0 Å². The van der Waals surface area contributed by atoms with Crippen LogP contribution < -0.4 is 5.32 Å². The van der Waals surface area contributed by atoms with E-state index in [9.17, 15) is 13.2 Å². The van der Waals surface area contributed by atoms with E-state index in [0.29, 0.717) is 48.1 Å². The molecule has 0 unspecified atom stereocenters. The number of aromatic nitrogens is 2. The van der Waals surface area contributed by atoms with Gasteiger partial charge in [-0.1, -0.05) is 41.4 Å². The van der Waals surface area contributed by atoms with Crippen molar-refractivity contribution < 1.29 is 13.2 Å². The minimum Gasteiger partial charge on any atom is -0.352 e. The topological polar surface area (TPSA) is 84.3 Å². The van der Waals surface area contributed by atoms with Crippen LogP contribution in [0.5, 0.6) is 0 Å². The van der Waals surface area contributed by atoms with E-state index in [0.717, 1.165) is 17.1 Å². The third-order valence-corrected chi connectivity index (χ3v) is 8.65. The third-order valence-electron chi connectivity index (χ3n) is 6.06. The van der Waals surface area contributed by atoms with Gasteiger partial charge in [0.05, 0.1) is 15.8 Å². The predicted molar refractivity (Wildman–Crippen MR) is 134 cm³/mol. The molecule has 0 atom stereocenters. The van der Waals surface area contributed by atoms with Crippen LogP contribution in [0.1, 0.15) is 29.8 Å². The van der Waals surface area contributed by atoms with Crippen LogP contribution in [0.3, 0.4) is 0 Å². The number of imidazole rings is 1. The molecule has 0 radical (unpaired) electrons. The molecule has 7 nitrogen and oxygen atoms in total. The highest BCUT2D eigenvalue weighted by molar-refractivity contribution is 7.88. The number of hydrogen-bond acceptors (Lipinski definition) is 4. The Morgan fingerprint density at radius 3 is 2.35 bits per heavy atom. The summed E-state index contributed by atoms with van der Waals surface area (Å²) >= 11 is 11.9. The van der Waals surface area contributed by atoms with Crippen LogP contribution in [0.4, 0.5) is 0 Å². The molecule has 0 bridgehead atoms. The quantitative estimate of drug-likeness (QED) is 0.501. The van der Waals surface area contributed by atoms with Gasteiger partial charge in [-0.2, -0.15) is 0 Å². The van der Waals surface area contributed by atoms with Gasteiger partial charge < -0.3 is 9.88 Å². The largest absolute Gasteiger partial charge is 0.352 e. The van der Waals surface area contributed by atoms with E-state index in [1.165, 1.54) is 4.31 Å². The summed E-state index contributed by atoms with van der Waals surface area (Å²) in [5.74, 6) is 0.516. The molecule has 1 saturated heterocycles. The zero-order valence-electron chi connectivity index (χ0n) is 18.7. The average molecular weight is 521 g/mol. The smallest absolute Gasteiger partial charge is 0.223 e. The van der Waals surface area contributed by atoms with Gasteiger partial charge in [0, 0.05) is 43.6 Å². The van der Waals surface area contributed by atoms with E-state index < -0.39 is 10.0 Å². The van der Waals surface area contributed by atoms with Crippen molar-refractivity contribution in [1.29, 1.82) is 0 Å². The van der Waals surface area contributed by atoms with Gasteiger partial charge in [0.15, 0.2) is 0 Å². The maximum Gasteiger partial charge on any atom is 0.223 e. The molecule has 1 N–H and O–H groups in total.